The summed E-state index contributed by atoms with van der Waals surface area (Å²) in [6, 6.07) is 0. The fourth-order valence-electron chi connectivity index (χ4n) is 2.06. The third-order valence-corrected chi connectivity index (χ3v) is 4.41. The second-order valence-corrected chi connectivity index (χ2v) is 6.65. The van der Waals surface area contributed by atoms with E-state index in [0.29, 0.717) is 13.0 Å². The molecular weight excluding hydrogens is 254 g/mol. The average Bonchev–Trinajstić information content (AvgIpc) is 2.28. The predicted molar refractivity (Wildman–Crippen MR) is 69.8 cm³/mol. The van der Waals surface area contributed by atoms with Crippen molar-refractivity contribution in [3.05, 3.63) is 11.6 Å². The second kappa shape index (κ2) is 6.89. The van der Waals surface area contributed by atoms with Gasteiger partial charge in [0.15, 0.2) is 0 Å². The number of sulfonamides is 1. The Balaban J connectivity index is 2.50. The average molecular weight is 275 g/mol. The minimum absolute atomic E-state index is 0.0570. The maximum Gasteiger partial charge on any atom is 0.304 e. The Morgan fingerprint density at radius 1 is 1.39 bits per heavy atom. The number of allylic oxidation sites excluding steroid dienone is 1. The largest absolute Gasteiger partial charge is 0.481 e. The summed E-state index contributed by atoms with van der Waals surface area (Å²) in [5, 5.41) is 8.61. The minimum atomic E-state index is -3.32. The van der Waals surface area contributed by atoms with Gasteiger partial charge in [-0.2, -0.15) is 0 Å². The van der Waals surface area contributed by atoms with Gasteiger partial charge in [-0.05, 0) is 32.1 Å². The van der Waals surface area contributed by atoms with E-state index in [9.17, 15) is 13.2 Å². The molecule has 0 aliphatic heterocycles. The third-order valence-electron chi connectivity index (χ3n) is 3.11. The van der Waals surface area contributed by atoms with Crippen LogP contribution in [0.4, 0.5) is 0 Å². The highest BCUT2D eigenvalue weighted by atomic mass is 32.2. The fourth-order valence-corrected chi connectivity index (χ4v) is 2.91. The molecule has 0 bridgehead atoms. The number of carboxylic acid groups (broad SMARTS) is 1. The van der Waals surface area contributed by atoms with Crippen LogP contribution in [0.1, 0.15) is 38.5 Å². The molecule has 18 heavy (non-hydrogen) atoms. The standard InChI is InChI=1S/C12H21NO4S/c1-18(16,17)13(10-8-12(14)15)9-7-11-5-3-2-4-6-11/h5H,2-4,6-10H2,1H3,(H,14,15). The minimum Gasteiger partial charge on any atom is -0.481 e. The molecule has 5 nitrogen and oxygen atoms in total. The molecule has 0 spiro atoms. The van der Waals surface area contributed by atoms with Crippen LogP contribution < -0.4 is 0 Å². The second-order valence-electron chi connectivity index (χ2n) is 4.66. The van der Waals surface area contributed by atoms with Crippen LogP contribution in [-0.4, -0.2) is 43.1 Å². The zero-order valence-corrected chi connectivity index (χ0v) is 11.6. The van der Waals surface area contributed by atoms with E-state index in [0.717, 1.165) is 19.1 Å². The van der Waals surface area contributed by atoms with E-state index in [1.807, 2.05) is 0 Å². The molecular formula is C12H21NO4S. The Labute approximate surface area is 109 Å². The third kappa shape index (κ3) is 5.64. The molecule has 0 aromatic rings. The Morgan fingerprint density at radius 2 is 2.11 bits per heavy atom. The predicted octanol–water partition coefficient (Wildman–Crippen LogP) is 1.61. The van der Waals surface area contributed by atoms with Gasteiger partial charge in [0.05, 0.1) is 12.7 Å². The fraction of sp³-hybridized carbons (Fsp3) is 0.750. The summed E-state index contributed by atoms with van der Waals surface area (Å²) in [4.78, 5) is 10.5. The summed E-state index contributed by atoms with van der Waals surface area (Å²) in [6.07, 6.45) is 8.36. The SMILES string of the molecule is CS(=O)(=O)N(CCC(=O)O)CCC1=CCCCC1. The first kappa shape index (κ1) is 15.2. The molecule has 0 saturated carbocycles. The van der Waals surface area contributed by atoms with Crippen LogP contribution in [0.2, 0.25) is 0 Å². The van der Waals surface area contributed by atoms with Gasteiger partial charge < -0.3 is 5.11 Å². The summed E-state index contributed by atoms with van der Waals surface area (Å²) in [5.41, 5.74) is 1.30. The van der Waals surface area contributed by atoms with Gasteiger partial charge in [0, 0.05) is 13.1 Å². The monoisotopic (exact) mass is 275 g/mol. The highest BCUT2D eigenvalue weighted by Crippen LogP contribution is 2.20. The molecule has 0 unspecified atom stereocenters. The first-order valence-corrected chi connectivity index (χ1v) is 8.09. The summed E-state index contributed by atoms with van der Waals surface area (Å²) >= 11 is 0. The summed E-state index contributed by atoms with van der Waals surface area (Å²) in [5.74, 6) is -0.972. The first-order chi connectivity index (χ1) is 8.39. The molecule has 0 amide bonds. The highest BCUT2D eigenvalue weighted by molar-refractivity contribution is 7.88. The number of hydrogen-bond acceptors (Lipinski definition) is 3. The van der Waals surface area contributed by atoms with Gasteiger partial charge in [-0.3, -0.25) is 4.79 Å². The van der Waals surface area contributed by atoms with E-state index in [4.69, 9.17) is 5.11 Å². The number of carbonyl (C=O) groups is 1. The van der Waals surface area contributed by atoms with Gasteiger partial charge in [0.2, 0.25) is 10.0 Å². The lowest BCUT2D eigenvalue weighted by molar-refractivity contribution is -0.137. The van der Waals surface area contributed by atoms with Crippen molar-refractivity contribution in [2.75, 3.05) is 19.3 Å². The van der Waals surface area contributed by atoms with Gasteiger partial charge in [0.1, 0.15) is 0 Å². The van der Waals surface area contributed by atoms with Crippen molar-refractivity contribution < 1.29 is 18.3 Å². The van der Waals surface area contributed by atoms with Gasteiger partial charge in [-0.15, -0.1) is 0 Å². The van der Waals surface area contributed by atoms with Crippen LogP contribution in [0.3, 0.4) is 0 Å². The summed E-state index contributed by atoms with van der Waals surface area (Å²) in [6.45, 7) is 0.444. The number of carboxylic acids is 1. The molecule has 0 atom stereocenters. The number of nitrogens with zero attached hydrogens (tertiary/aromatic N) is 1. The lowest BCUT2D eigenvalue weighted by Crippen LogP contribution is -2.33. The van der Waals surface area contributed by atoms with Crippen molar-refractivity contribution in [3.63, 3.8) is 0 Å². The molecule has 0 fully saturated rings. The van der Waals surface area contributed by atoms with E-state index in [1.165, 1.54) is 22.7 Å². The zero-order valence-electron chi connectivity index (χ0n) is 10.8. The first-order valence-electron chi connectivity index (χ1n) is 6.24. The van der Waals surface area contributed by atoms with Crippen molar-refractivity contribution in [1.82, 2.24) is 4.31 Å². The van der Waals surface area contributed by atoms with Crippen LogP contribution in [-0.2, 0) is 14.8 Å². The van der Waals surface area contributed by atoms with Crippen molar-refractivity contribution in [2.45, 2.75) is 38.5 Å². The van der Waals surface area contributed by atoms with Crippen LogP contribution in [0, 0.1) is 0 Å². The Morgan fingerprint density at radius 3 is 2.61 bits per heavy atom. The highest BCUT2D eigenvalue weighted by Gasteiger charge is 2.18. The molecule has 0 heterocycles. The normalized spacial score (nSPS) is 16.7. The van der Waals surface area contributed by atoms with Crippen molar-refractivity contribution >= 4 is 16.0 Å². The quantitative estimate of drug-likeness (QED) is 0.716. The molecule has 1 aliphatic carbocycles. The van der Waals surface area contributed by atoms with E-state index in [1.54, 1.807) is 0 Å². The molecule has 0 aromatic heterocycles. The summed E-state index contributed by atoms with van der Waals surface area (Å²) < 4.78 is 24.3. The van der Waals surface area contributed by atoms with E-state index in [2.05, 4.69) is 6.08 Å². The summed E-state index contributed by atoms with van der Waals surface area (Å²) in [7, 11) is -3.32. The van der Waals surface area contributed by atoms with Gasteiger partial charge in [-0.25, -0.2) is 12.7 Å². The smallest absolute Gasteiger partial charge is 0.304 e. The Bertz CT molecular complexity index is 414. The molecule has 6 heteroatoms. The Kier molecular flexibility index (Phi) is 5.81. The topological polar surface area (TPSA) is 74.7 Å². The van der Waals surface area contributed by atoms with Gasteiger partial charge >= 0.3 is 5.97 Å². The van der Waals surface area contributed by atoms with E-state index in [-0.39, 0.29) is 13.0 Å². The maximum atomic E-state index is 11.5. The lowest BCUT2D eigenvalue weighted by Gasteiger charge is -2.21. The molecule has 1 N–H and O–H groups in total. The molecule has 1 rings (SSSR count). The van der Waals surface area contributed by atoms with Crippen LogP contribution >= 0.6 is 0 Å². The van der Waals surface area contributed by atoms with Crippen molar-refractivity contribution in [3.8, 4) is 0 Å². The molecule has 0 saturated heterocycles. The molecule has 0 aromatic carbocycles. The van der Waals surface area contributed by atoms with Gasteiger partial charge in [0.25, 0.3) is 0 Å². The zero-order chi connectivity index (χ0) is 13.6. The van der Waals surface area contributed by atoms with Crippen molar-refractivity contribution in [2.24, 2.45) is 0 Å². The molecule has 1 aliphatic rings. The molecule has 104 valence electrons. The van der Waals surface area contributed by atoms with Crippen LogP contribution in [0.5, 0.6) is 0 Å². The van der Waals surface area contributed by atoms with E-state index < -0.39 is 16.0 Å². The lowest BCUT2D eigenvalue weighted by atomic mass is 9.97. The van der Waals surface area contributed by atoms with Gasteiger partial charge in [-0.1, -0.05) is 11.6 Å². The number of aliphatic carboxylic acids is 1. The van der Waals surface area contributed by atoms with Crippen molar-refractivity contribution in [1.29, 1.82) is 0 Å². The maximum absolute atomic E-state index is 11.5. The number of rotatable bonds is 7. The number of hydrogen-bond donors (Lipinski definition) is 1. The van der Waals surface area contributed by atoms with Crippen LogP contribution in [0.15, 0.2) is 11.6 Å². The van der Waals surface area contributed by atoms with E-state index >= 15 is 0 Å². The molecule has 0 radical (unpaired) electrons. The Hall–Kier alpha value is -0.880. The van der Waals surface area contributed by atoms with Crippen LogP contribution in [0.25, 0.3) is 0 Å².